The summed E-state index contributed by atoms with van der Waals surface area (Å²) in [4.78, 5) is 17.1. The van der Waals surface area contributed by atoms with E-state index in [-0.39, 0.29) is 5.91 Å². The predicted octanol–water partition coefficient (Wildman–Crippen LogP) is 2.50. The van der Waals surface area contributed by atoms with Crippen LogP contribution in [0.5, 0.6) is 0 Å². The Hall–Kier alpha value is -1.39. The van der Waals surface area contributed by atoms with Crippen LogP contribution in [0.3, 0.4) is 0 Å². The molecule has 4 nitrogen and oxygen atoms in total. The highest BCUT2D eigenvalue weighted by Crippen LogP contribution is 2.13. The summed E-state index contributed by atoms with van der Waals surface area (Å²) in [6.45, 7) is 7.76. The van der Waals surface area contributed by atoms with E-state index in [4.69, 9.17) is 0 Å². The van der Waals surface area contributed by atoms with Crippen LogP contribution in [0.4, 0.5) is 0 Å². The molecule has 2 saturated heterocycles. The summed E-state index contributed by atoms with van der Waals surface area (Å²) in [6, 6.07) is 8.11. The van der Waals surface area contributed by atoms with Crippen molar-refractivity contribution in [2.75, 3.05) is 39.3 Å². The maximum atomic E-state index is 12.2. The molecular formula is C19H29N3O. The van der Waals surface area contributed by atoms with Crippen LogP contribution in [-0.2, 0) is 6.54 Å². The quantitative estimate of drug-likeness (QED) is 0.785. The smallest absolute Gasteiger partial charge is 0.251 e. The van der Waals surface area contributed by atoms with Crippen molar-refractivity contribution in [3.8, 4) is 0 Å². The number of hydrogen-bond acceptors (Lipinski definition) is 3. The van der Waals surface area contributed by atoms with Crippen LogP contribution in [0.1, 0.15) is 48.0 Å². The van der Waals surface area contributed by atoms with Gasteiger partial charge in [0, 0.05) is 18.7 Å². The lowest BCUT2D eigenvalue weighted by molar-refractivity contribution is 0.0952. The number of amides is 1. The molecule has 2 aliphatic heterocycles. The van der Waals surface area contributed by atoms with Crippen molar-refractivity contribution >= 4 is 5.91 Å². The van der Waals surface area contributed by atoms with Gasteiger partial charge in [-0.1, -0.05) is 12.1 Å². The molecule has 1 aromatic rings. The van der Waals surface area contributed by atoms with Gasteiger partial charge in [-0.3, -0.25) is 9.69 Å². The Labute approximate surface area is 139 Å². The summed E-state index contributed by atoms with van der Waals surface area (Å²) >= 11 is 0. The summed E-state index contributed by atoms with van der Waals surface area (Å²) in [7, 11) is 0. The van der Waals surface area contributed by atoms with Crippen LogP contribution in [0.2, 0.25) is 0 Å². The van der Waals surface area contributed by atoms with Crippen molar-refractivity contribution in [1.29, 1.82) is 0 Å². The molecule has 1 amide bonds. The second kappa shape index (κ2) is 8.46. The molecule has 2 heterocycles. The largest absolute Gasteiger partial charge is 0.352 e. The molecule has 2 aliphatic rings. The van der Waals surface area contributed by atoms with E-state index in [0.29, 0.717) is 0 Å². The number of benzene rings is 1. The van der Waals surface area contributed by atoms with E-state index in [1.165, 1.54) is 57.4 Å². The average Bonchev–Trinajstić information content (AvgIpc) is 3.26. The maximum Gasteiger partial charge on any atom is 0.251 e. The van der Waals surface area contributed by atoms with Crippen molar-refractivity contribution in [2.45, 2.75) is 38.6 Å². The van der Waals surface area contributed by atoms with Crippen molar-refractivity contribution in [2.24, 2.45) is 0 Å². The maximum absolute atomic E-state index is 12.2. The molecule has 0 unspecified atom stereocenters. The third kappa shape index (κ3) is 5.05. The van der Waals surface area contributed by atoms with Crippen molar-refractivity contribution in [3.05, 3.63) is 35.4 Å². The molecule has 23 heavy (non-hydrogen) atoms. The SMILES string of the molecule is O=C(NCCCN1CCCC1)c1ccc(CN2CCCC2)cc1. The van der Waals surface area contributed by atoms with Crippen LogP contribution in [0.15, 0.2) is 24.3 Å². The van der Waals surface area contributed by atoms with E-state index in [0.717, 1.165) is 31.6 Å². The molecule has 3 rings (SSSR count). The minimum absolute atomic E-state index is 0.0548. The Bertz CT molecular complexity index is 488. The second-order valence-corrected chi connectivity index (χ2v) is 6.84. The normalized spacial score (nSPS) is 19.3. The lowest BCUT2D eigenvalue weighted by atomic mass is 10.1. The number of nitrogens with zero attached hydrogens (tertiary/aromatic N) is 2. The summed E-state index contributed by atoms with van der Waals surface area (Å²) in [6.07, 6.45) is 6.33. The standard InChI is InChI=1S/C19H29N3O/c23-19(20-10-5-15-21-11-1-2-12-21)18-8-6-17(7-9-18)16-22-13-3-4-14-22/h6-9H,1-5,10-16H2,(H,20,23). The molecular weight excluding hydrogens is 286 g/mol. The number of carbonyl (C=O) groups is 1. The molecule has 1 aromatic carbocycles. The Morgan fingerprint density at radius 1 is 0.913 bits per heavy atom. The summed E-state index contributed by atoms with van der Waals surface area (Å²) in [5.41, 5.74) is 2.08. The van der Waals surface area contributed by atoms with Gasteiger partial charge < -0.3 is 10.2 Å². The molecule has 0 radical (unpaired) electrons. The first-order chi connectivity index (χ1) is 11.3. The second-order valence-electron chi connectivity index (χ2n) is 6.84. The zero-order valence-electron chi connectivity index (χ0n) is 14.1. The highest BCUT2D eigenvalue weighted by Gasteiger charge is 2.13. The number of nitrogens with one attached hydrogen (secondary N) is 1. The van der Waals surface area contributed by atoms with Crippen molar-refractivity contribution in [3.63, 3.8) is 0 Å². The number of rotatable bonds is 7. The molecule has 126 valence electrons. The van der Waals surface area contributed by atoms with E-state index in [2.05, 4.69) is 27.2 Å². The van der Waals surface area contributed by atoms with E-state index in [1.807, 2.05) is 12.1 Å². The Kier molecular flexibility index (Phi) is 6.06. The van der Waals surface area contributed by atoms with Gasteiger partial charge in [0.1, 0.15) is 0 Å². The van der Waals surface area contributed by atoms with Crippen LogP contribution in [-0.4, -0.2) is 55.0 Å². The first-order valence-corrected chi connectivity index (χ1v) is 9.13. The lowest BCUT2D eigenvalue weighted by Gasteiger charge is -2.15. The van der Waals surface area contributed by atoms with Crippen LogP contribution in [0, 0.1) is 0 Å². The van der Waals surface area contributed by atoms with E-state index in [9.17, 15) is 4.79 Å². The molecule has 0 spiro atoms. The van der Waals surface area contributed by atoms with E-state index < -0.39 is 0 Å². The third-order valence-corrected chi connectivity index (χ3v) is 4.96. The Morgan fingerprint density at radius 3 is 2.17 bits per heavy atom. The monoisotopic (exact) mass is 315 g/mol. The molecule has 4 heteroatoms. The van der Waals surface area contributed by atoms with Crippen LogP contribution >= 0.6 is 0 Å². The van der Waals surface area contributed by atoms with E-state index in [1.54, 1.807) is 0 Å². The fourth-order valence-electron chi connectivity index (χ4n) is 3.57. The summed E-state index contributed by atoms with van der Waals surface area (Å²) in [5, 5.41) is 3.04. The molecule has 0 atom stereocenters. The lowest BCUT2D eigenvalue weighted by Crippen LogP contribution is -2.28. The van der Waals surface area contributed by atoms with Gasteiger partial charge in [0.2, 0.25) is 0 Å². The van der Waals surface area contributed by atoms with Gasteiger partial charge in [-0.15, -0.1) is 0 Å². The predicted molar refractivity (Wildman–Crippen MR) is 93.6 cm³/mol. The first kappa shape index (κ1) is 16.5. The van der Waals surface area contributed by atoms with E-state index >= 15 is 0 Å². The number of likely N-dealkylation sites (tertiary alicyclic amines) is 2. The number of hydrogen-bond donors (Lipinski definition) is 1. The molecule has 2 fully saturated rings. The topological polar surface area (TPSA) is 35.6 Å². The Morgan fingerprint density at radius 2 is 1.52 bits per heavy atom. The zero-order valence-corrected chi connectivity index (χ0v) is 14.1. The minimum atomic E-state index is 0.0548. The fraction of sp³-hybridized carbons (Fsp3) is 0.632. The molecule has 0 aromatic heterocycles. The van der Waals surface area contributed by atoms with Crippen LogP contribution in [0.25, 0.3) is 0 Å². The van der Waals surface area contributed by atoms with Crippen molar-refractivity contribution in [1.82, 2.24) is 15.1 Å². The highest BCUT2D eigenvalue weighted by molar-refractivity contribution is 5.94. The van der Waals surface area contributed by atoms with Crippen LogP contribution < -0.4 is 5.32 Å². The zero-order chi connectivity index (χ0) is 15.9. The first-order valence-electron chi connectivity index (χ1n) is 9.13. The van der Waals surface area contributed by atoms with Crippen molar-refractivity contribution < 1.29 is 4.79 Å². The van der Waals surface area contributed by atoms with Gasteiger partial charge in [-0.25, -0.2) is 0 Å². The van der Waals surface area contributed by atoms with Gasteiger partial charge in [0.05, 0.1) is 0 Å². The highest BCUT2D eigenvalue weighted by atomic mass is 16.1. The number of carbonyl (C=O) groups excluding carboxylic acids is 1. The summed E-state index contributed by atoms with van der Waals surface area (Å²) in [5.74, 6) is 0.0548. The fourth-order valence-corrected chi connectivity index (χ4v) is 3.57. The van der Waals surface area contributed by atoms with Gasteiger partial charge in [0.25, 0.3) is 5.91 Å². The molecule has 0 bridgehead atoms. The van der Waals surface area contributed by atoms with Gasteiger partial charge >= 0.3 is 0 Å². The van der Waals surface area contributed by atoms with Gasteiger partial charge in [-0.05, 0) is 82.5 Å². The minimum Gasteiger partial charge on any atom is -0.352 e. The molecule has 0 aliphatic carbocycles. The molecule has 0 saturated carbocycles. The molecule has 1 N–H and O–H groups in total. The Balaban J connectivity index is 1.38. The van der Waals surface area contributed by atoms with Gasteiger partial charge in [0.15, 0.2) is 0 Å². The third-order valence-electron chi connectivity index (χ3n) is 4.96. The van der Waals surface area contributed by atoms with Gasteiger partial charge in [-0.2, -0.15) is 0 Å². The summed E-state index contributed by atoms with van der Waals surface area (Å²) < 4.78 is 0. The average molecular weight is 315 g/mol.